The average Bonchev–Trinajstić information content (AvgIpc) is 3.23. The lowest BCUT2D eigenvalue weighted by atomic mass is 10.0. The number of anilines is 1. The van der Waals surface area contributed by atoms with E-state index in [9.17, 15) is 4.79 Å². The highest BCUT2D eigenvalue weighted by atomic mass is 16.5. The van der Waals surface area contributed by atoms with Gasteiger partial charge in [-0.3, -0.25) is 14.7 Å². The van der Waals surface area contributed by atoms with Gasteiger partial charge in [0.1, 0.15) is 0 Å². The smallest absolute Gasteiger partial charge is 0.414 e. The van der Waals surface area contributed by atoms with Crippen LogP contribution in [0.3, 0.4) is 0 Å². The molecule has 1 aliphatic heterocycles. The summed E-state index contributed by atoms with van der Waals surface area (Å²) in [6, 6.07) is 11.5. The minimum absolute atomic E-state index is 0.0145. The molecule has 2 aromatic heterocycles. The lowest BCUT2D eigenvalue weighted by Crippen LogP contribution is -2.48. The van der Waals surface area contributed by atoms with E-state index in [0.29, 0.717) is 18.3 Å². The van der Waals surface area contributed by atoms with Crippen LogP contribution in [0, 0.1) is 6.92 Å². The molecule has 3 aromatic rings. The number of carbonyl (C=O) groups excluding carboxylic acids is 1. The third-order valence-corrected chi connectivity index (χ3v) is 4.64. The number of hydrogen-bond donors (Lipinski definition) is 3. The Kier molecular flexibility index (Phi) is 7.24. The van der Waals surface area contributed by atoms with E-state index >= 15 is 0 Å². The van der Waals surface area contributed by atoms with Crippen molar-refractivity contribution in [2.45, 2.75) is 12.8 Å². The van der Waals surface area contributed by atoms with Crippen molar-refractivity contribution in [2.75, 3.05) is 25.0 Å². The number of rotatable bonds is 5. The molecule has 0 atom stereocenters. The van der Waals surface area contributed by atoms with Crippen LogP contribution in [-0.2, 0) is 14.4 Å². The molecule has 3 heterocycles. The van der Waals surface area contributed by atoms with Gasteiger partial charge in [-0.05, 0) is 30.7 Å². The molecule has 0 aliphatic carbocycles. The van der Waals surface area contributed by atoms with Crippen LogP contribution >= 0.6 is 0 Å². The van der Waals surface area contributed by atoms with Crippen molar-refractivity contribution in [2.24, 2.45) is 0 Å². The maximum absolute atomic E-state index is 12.2. The number of para-hydroxylation sites is 1. The van der Waals surface area contributed by atoms with Crippen LogP contribution in [0.15, 0.2) is 53.3 Å². The second-order valence-corrected chi connectivity index (χ2v) is 7.06. The molecule has 1 saturated heterocycles. The Morgan fingerprint density at radius 1 is 1.12 bits per heavy atom. The van der Waals surface area contributed by atoms with Crippen LogP contribution in [0.25, 0.3) is 11.4 Å². The summed E-state index contributed by atoms with van der Waals surface area (Å²) in [5.41, 5.74) is 2.74. The van der Waals surface area contributed by atoms with Crippen molar-refractivity contribution in [1.29, 1.82) is 0 Å². The highest BCUT2D eigenvalue weighted by Gasteiger charge is 2.33. The van der Waals surface area contributed by atoms with E-state index in [1.54, 1.807) is 12.4 Å². The van der Waals surface area contributed by atoms with E-state index in [0.717, 1.165) is 29.9 Å². The number of nitrogens with one attached hydrogen (secondary N) is 1. The second kappa shape index (κ2) is 10.3. The fourth-order valence-corrected chi connectivity index (χ4v) is 2.97. The van der Waals surface area contributed by atoms with Gasteiger partial charge in [0.05, 0.1) is 12.5 Å². The molecule has 11 heteroatoms. The van der Waals surface area contributed by atoms with Gasteiger partial charge < -0.3 is 20.1 Å². The minimum Gasteiger partial charge on any atom is -0.473 e. The Morgan fingerprint density at radius 3 is 2.47 bits per heavy atom. The summed E-state index contributed by atoms with van der Waals surface area (Å²) in [6.07, 6.45) is 3.41. The molecule has 11 nitrogen and oxygen atoms in total. The summed E-state index contributed by atoms with van der Waals surface area (Å²) in [5, 5.41) is 21.7. The molecule has 0 saturated carbocycles. The molecule has 1 amide bonds. The summed E-state index contributed by atoms with van der Waals surface area (Å²) < 4.78 is 5.37. The lowest BCUT2D eigenvalue weighted by molar-refractivity contribution is -0.159. The topological polar surface area (TPSA) is 159 Å². The number of carboxylic acids is 2. The second-order valence-electron chi connectivity index (χ2n) is 7.06. The maximum Gasteiger partial charge on any atom is 0.414 e. The number of nitrogens with zero attached hydrogens (tertiary/aromatic N) is 4. The number of carbonyl (C=O) groups is 3. The summed E-state index contributed by atoms with van der Waals surface area (Å²) in [5.74, 6) is -2.34. The lowest BCUT2D eigenvalue weighted by Gasteiger charge is -2.36. The normalized spacial score (nSPS) is 13.4. The highest BCUT2D eigenvalue weighted by molar-refractivity contribution is 6.27. The monoisotopic (exact) mass is 439 g/mol. The zero-order valence-electron chi connectivity index (χ0n) is 17.1. The number of aryl methyl sites for hydroxylation is 1. The molecule has 3 N–H and O–H groups in total. The van der Waals surface area contributed by atoms with Gasteiger partial charge in [0.25, 0.3) is 0 Å². The predicted octanol–water partition coefficient (Wildman–Crippen LogP) is 1.63. The van der Waals surface area contributed by atoms with Crippen LogP contribution in [-0.4, -0.2) is 67.7 Å². The Morgan fingerprint density at radius 2 is 1.84 bits per heavy atom. The van der Waals surface area contributed by atoms with E-state index < -0.39 is 11.9 Å². The third-order valence-electron chi connectivity index (χ3n) is 4.64. The minimum atomic E-state index is -1.82. The van der Waals surface area contributed by atoms with Crippen LogP contribution in [0.2, 0.25) is 0 Å². The third kappa shape index (κ3) is 5.95. The Labute approximate surface area is 182 Å². The van der Waals surface area contributed by atoms with Gasteiger partial charge in [0.2, 0.25) is 17.6 Å². The van der Waals surface area contributed by atoms with E-state index in [1.165, 1.54) is 0 Å². The predicted molar refractivity (Wildman–Crippen MR) is 112 cm³/mol. The van der Waals surface area contributed by atoms with Gasteiger partial charge in [0.15, 0.2) is 0 Å². The van der Waals surface area contributed by atoms with Gasteiger partial charge in [-0.1, -0.05) is 23.4 Å². The number of amides is 1. The summed E-state index contributed by atoms with van der Waals surface area (Å²) in [4.78, 5) is 41.0. The molecule has 1 fully saturated rings. The van der Waals surface area contributed by atoms with Crippen molar-refractivity contribution in [1.82, 2.24) is 20.0 Å². The average molecular weight is 439 g/mol. The maximum atomic E-state index is 12.2. The SMILES string of the molecule is Cc1ccccc1NC(=O)CN1CC(c2nc(-c3cccnc3)no2)C1.O=C(O)C(=O)O. The number of aliphatic carboxylic acids is 2. The summed E-state index contributed by atoms with van der Waals surface area (Å²) in [7, 11) is 0. The molecule has 1 aliphatic rings. The number of carboxylic acid groups (broad SMARTS) is 2. The quantitative estimate of drug-likeness (QED) is 0.499. The van der Waals surface area contributed by atoms with E-state index in [2.05, 4.69) is 25.3 Å². The van der Waals surface area contributed by atoms with Gasteiger partial charge >= 0.3 is 11.9 Å². The molecular formula is C21H21N5O6. The fourth-order valence-electron chi connectivity index (χ4n) is 2.97. The standard InChI is InChI=1S/C19H19N5O2.C2H2O4/c1-13-5-2-3-7-16(13)21-17(25)12-24-10-15(11-24)19-22-18(23-26-19)14-6-4-8-20-9-14;3-1(4)2(5)6/h2-9,15H,10-12H2,1H3,(H,21,25);(H,3,4)(H,5,6). The van der Waals surface area contributed by atoms with Gasteiger partial charge in [0, 0.05) is 36.7 Å². The van der Waals surface area contributed by atoms with E-state index in [4.69, 9.17) is 24.3 Å². The van der Waals surface area contributed by atoms with Crippen molar-refractivity contribution in [3.63, 3.8) is 0 Å². The first-order valence-corrected chi connectivity index (χ1v) is 9.61. The number of aromatic nitrogens is 3. The van der Waals surface area contributed by atoms with Crippen molar-refractivity contribution in [3.05, 3.63) is 60.2 Å². The molecule has 0 unspecified atom stereocenters. The van der Waals surface area contributed by atoms with Gasteiger partial charge in [-0.15, -0.1) is 0 Å². The fraction of sp³-hybridized carbons (Fsp3) is 0.238. The molecule has 32 heavy (non-hydrogen) atoms. The first-order valence-electron chi connectivity index (χ1n) is 9.61. The zero-order valence-corrected chi connectivity index (χ0v) is 17.1. The molecule has 0 radical (unpaired) electrons. The Hall–Kier alpha value is -4.12. The van der Waals surface area contributed by atoms with Crippen molar-refractivity contribution < 1.29 is 29.1 Å². The largest absolute Gasteiger partial charge is 0.473 e. The molecule has 0 spiro atoms. The first kappa shape index (κ1) is 22.6. The van der Waals surface area contributed by atoms with E-state index in [-0.39, 0.29) is 11.8 Å². The highest BCUT2D eigenvalue weighted by Crippen LogP contribution is 2.27. The molecule has 1 aromatic carbocycles. The summed E-state index contributed by atoms with van der Waals surface area (Å²) >= 11 is 0. The number of likely N-dealkylation sites (tertiary alicyclic amines) is 1. The molecular weight excluding hydrogens is 418 g/mol. The van der Waals surface area contributed by atoms with Crippen LogP contribution in [0.1, 0.15) is 17.4 Å². The number of pyridine rings is 1. The van der Waals surface area contributed by atoms with Gasteiger partial charge in [-0.25, -0.2) is 9.59 Å². The van der Waals surface area contributed by atoms with Gasteiger partial charge in [-0.2, -0.15) is 4.98 Å². The Balaban J connectivity index is 0.000000427. The molecule has 166 valence electrons. The van der Waals surface area contributed by atoms with Crippen molar-refractivity contribution in [3.8, 4) is 11.4 Å². The zero-order chi connectivity index (χ0) is 23.1. The van der Waals surface area contributed by atoms with E-state index in [1.807, 2.05) is 43.3 Å². The Bertz CT molecular complexity index is 1080. The van der Waals surface area contributed by atoms with Crippen molar-refractivity contribution >= 4 is 23.5 Å². The first-order chi connectivity index (χ1) is 15.3. The number of benzene rings is 1. The molecule has 0 bridgehead atoms. The van der Waals surface area contributed by atoms with Crippen LogP contribution < -0.4 is 5.32 Å². The number of hydrogen-bond acceptors (Lipinski definition) is 8. The van der Waals surface area contributed by atoms with Crippen LogP contribution in [0.4, 0.5) is 5.69 Å². The molecule has 4 rings (SSSR count). The summed E-state index contributed by atoms with van der Waals surface area (Å²) in [6.45, 7) is 3.80. The van der Waals surface area contributed by atoms with Crippen LogP contribution in [0.5, 0.6) is 0 Å².